The van der Waals surface area contributed by atoms with Crippen LogP contribution < -0.4 is 16.0 Å². The molecule has 0 aliphatic carbocycles. The fraction of sp³-hybridized carbons (Fsp3) is 0.900. The molecular weight excluding hydrogens is 466 g/mol. The summed E-state index contributed by atoms with van der Waals surface area (Å²) in [4.78, 5) is 38.8. The minimum atomic E-state index is -2.08. The van der Waals surface area contributed by atoms with Crippen molar-refractivity contribution in [3.05, 3.63) is 0 Å². The van der Waals surface area contributed by atoms with Crippen molar-refractivity contribution in [2.75, 3.05) is 19.6 Å². The summed E-state index contributed by atoms with van der Waals surface area (Å²) in [6, 6.07) is 0. The van der Waals surface area contributed by atoms with E-state index in [2.05, 4.69) is 57.5 Å². The largest absolute Gasteiger partial charge is 0.379 e. The second kappa shape index (κ2) is 21.3. The Hall–Kier alpha value is -1.63. The third-order valence-corrected chi connectivity index (χ3v) is 7.69. The first-order chi connectivity index (χ1) is 17.7. The zero-order valence-corrected chi connectivity index (χ0v) is 24.9. The van der Waals surface area contributed by atoms with Crippen LogP contribution in [0.5, 0.6) is 0 Å². The van der Waals surface area contributed by atoms with Gasteiger partial charge in [-0.1, -0.05) is 99.3 Å². The lowest BCUT2D eigenvalue weighted by molar-refractivity contribution is -0.150. The van der Waals surface area contributed by atoms with Crippen molar-refractivity contribution < 1.29 is 19.5 Å². The van der Waals surface area contributed by atoms with Crippen LogP contribution in [0.3, 0.4) is 0 Å². The third-order valence-electron chi connectivity index (χ3n) is 7.69. The first-order valence-corrected chi connectivity index (χ1v) is 15.2. The van der Waals surface area contributed by atoms with E-state index in [1.165, 1.54) is 0 Å². The maximum Gasteiger partial charge on any atom is 0.253 e. The van der Waals surface area contributed by atoms with Crippen LogP contribution in [0.2, 0.25) is 0 Å². The Morgan fingerprint density at radius 3 is 1.22 bits per heavy atom. The quantitative estimate of drug-likeness (QED) is 0.141. The predicted molar refractivity (Wildman–Crippen MR) is 153 cm³/mol. The zero-order chi connectivity index (χ0) is 28.1. The molecule has 0 spiro atoms. The van der Waals surface area contributed by atoms with Crippen molar-refractivity contribution in [3.63, 3.8) is 0 Å². The number of amides is 3. The lowest BCUT2D eigenvalue weighted by atomic mass is 9.91. The fourth-order valence-corrected chi connectivity index (χ4v) is 4.63. The molecule has 0 bridgehead atoms. The predicted octanol–water partition coefficient (Wildman–Crippen LogP) is 5.50. The molecule has 0 aliphatic rings. The van der Waals surface area contributed by atoms with Crippen LogP contribution in [0.15, 0.2) is 0 Å². The average molecular weight is 526 g/mol. The molecule has 218 valence electrons. The molecule has 0 saturated carbocycles. The van der Waals surface area contributed by atoms with E-state index in [0.29, 0.717) is 37.4 Å². The maximum atomic E-state index is 13.2. The maximum absolute atomic E-state index is 13.2. The molecular formula is C30H59N3O4. The molecule has 0 saturated heterocycles. The number of rotatable bonds is 23. The Balaban J connectivity index is 5.29. The zero-order valence-electron chi connectivity index (χ0n) is 24.9. The number of carbonyl (C=O) groups excluding carboxylic acids is 3. The molecule has 0 heterocycles. The fourth-order valence-electron chi connectivity index (χ4n) is 4.63. The van der Waals surface area contributed by atoms with Gasteiger partial charge in [0.25, 0.3) is 5.91 Å². The van der Waals surface area contributed by atoms with Crippen LogP contribution in [0, 0.1) is 17.8 Å². The van der Waals surface area contributed by atoms with Crippen molar-refractivity contribution in [1.29, 1.82) is 0 Å². The summed E-state index contributed by atoms with van der Waals surface area (Å²) in [7, 11) is 0. The van der Waals surface area contributed by atoms with Gasteiger partial charge in [-0.3, -0.25) is 14.4 Å². The van der Waals surface area contributed by atoms with E-state index < -0.39 is 36.2 Å². The van der Waals surface area contributed by atoms with Crippen LogP contribution in [-0.2, 0) is 14.4 Å². The number of unbranched alkanes of at least 4 members (excludes halogenated alkanes) is 3. The lowest BCUT2D eigenvalue weighted by Crippen LogP contribution is -2.53. The van der Waals surface area contributed by atoms with E-state index in [9.17, 15) is 19.5 Å². The Bertz CT molecular complexity index is 592. The minimum Gasteiger partial charge on any atom is -0.379 e. The van der Waals surface area contributed by atoms with Gasteiger partial charge in [-0.25, -0.2) is 0 Å². The monoisotopic (exact) mass is 525 g/mol. The molecule has 7 nitrogen and oxygen atoms in total. The van der Waals surface area contributed by atoms with Gasteiger partial charge in [0.1, 0.15) is 0 Å². The molecule has 3 atom stereocenters. The first kappa shape index (κ1) is 35.4. The lowest BCUT2D eigenvalue weighted by Gasteiger charge is -2.28. The highest BCUT2D eigenvalue weighted by Gasteiger charge is 2.40. The van der Waals surface area contributed by atoms with Crippen molar-refractivity contribution in [2.45, 2.75) is 137 Å². The van der Waals surface area contributed by atoms with Crippen molar-refractivity contribution >= 4 is 17.7 Å². The van der Waals surface area contributed by atoms with E-state index in [-0.39, 0.29) is 0 Å². The van der Waals surface area contributed by atoms with Crippen molar-refractivity contribution in [2.24, 2.45) is 17.8 Å². The highest BCUT2D eigenvalue weighted by Crippen LogP contribution is 2.19. The highest BCUT2D eigenvalue weighted by molar-refractivity contribution is 5.95. The molecule has 0 aromatic heterocycles. The second-order valence-electron chi connectivity index (χ2n) is 11.0. The molecule has 0 rings (SSSR count). The van der Waals surface area contributed by atoms with Gasteiger partial charge in [0.05, 0.1) is 12.8 Å². The summed E-state index contributed by atoms with van der Waals surface area (Å²) in [6.45, 7) is 14.2. The number of hydrogen-bond acceptors (Lipinski definition) is 4. The van der Waals surface area contributed by atoms with Gasteiger partial charge in [0, 0.05) is 19.6 Å². The van der Waals surface area contributed by atoms with Gasteiger partial charge in [-0.2, -0.15) is 0 Å². The molecule has 3 unspecified atom stereocenters. The average Bonchev–Trinajstić information content (AvgIpc) is 2.88. The van der Waals surface area contributed by atoms with Gasteiger partial charge in [0.15, 0.2) is 5.60 Å². The molecule has 4 N–H and O–H groups in total. The van der Waals surface area contributed by atoms with Crippen LogP contribution in [0.25, 0.3) is 0 Å². The van der Waals surface area contributed by atoms with Crippen LogP contribution >= 0.6 is 0 Å². The smallest absolute Gasteiger partial charge is 0.253 e. The van der Waals surface area contributed by atoms with Crippen LogP contribution in [0.1, 0.15) is 131 Å². The molecule has 0 aromatic rings. The number of aliphatic hydroxyl groups is 1. The van der Waals surface area contributed by atoms with Gasteiger partial charge in [-0.15, -0.1) is 0 Å². The first-order valence-electron chi connectivity index (χ1n) is 15.2. The summed E-state index contributed by atoms with van der Waals surface area (Å²) in [5.41, 5.74) is -2.08. The highest BCUT2D eigenvalue weighted by atomic mass is 16.3. The summed E-state index contributed by atoms with van der Waals surface area (Å²) in [5.74, 6) is -0.382. The van der Waals surface area contributed by atoms with Crippen LogP contribution in [0.4, 0.5) is 0 Å². The number of hydrogen-bond donors (Lipinski definition) is 4. The van der Waals surface area contributed by atoms with E-state index in [1.807, 2.05) is 0 Å². The van der Waals surface area contributed by atoms with E-state index in [0.717, 1.165) is 77.0 Å². The van der Waals surface area contributed by atoms with Gasteiger partial charge >= 0.3 is 0 Å². The van der Waals surface area contributed by atoms with Gasteiger partial charge in [0.2, 0.25) is 11.8 Å². The molecule has 0 aliphatic heterocycles. The Morgan fingerprint density at radius 1 is 0.595 bits per heavy atom. The van der Waals surface area contributed by atoms with Gasteiger partial charge in [-0.05, 0) is 37.0 Å². The second-order valence-corrected chi connectivity index (χ2v) is 11.0. The summed E-state index contributed by atoms with van der Waals surface area (Å²) >= 11 is 0. The van der Waals surface area contributed by atoms with Gasteiger partial charge < -0.3 is 21.1 Å². The molecule has 0 radical (unpaired) electrons. The molecule has 0 fully saturated rings. The standard InChI is InChI=1S/C30H59N3O4/c1-7-13-16-24(10-4)21-31-27(34)19-30(37,29(36)33-23-26(12-6)18-15-9-3)20-28(35)32-22-25(11-5)17-14-8-2/h24-26,37H,7-23H2,1-6H3,(H,31,34)(H,32,35)(H,33,36). The van der Waals surface area contributed by atoms with E-state index in [4.69, 9.17) is 0 Å². The summed E-state index contributed by atoms with van der Waals surface area (Å²) in [6.07, 6.45) is 11.7. The molecule has 3 amide bonds. The SMILES string of the molecule is CCCCC(CC)CNC(=O)CC(O)(CC(=O)NCC(CC)CCCC)C(=O)NCC(CC)CCCC. The van der Waals surface area contributed by atoms with Crippen molar-refractivity contribution in [3.8, 4) is 0 Å². The van der Waals surface area contributed by atoms with E-state index >= 15 is 0 Å². The topological polar surface area (TPSA) is 108 Å². The minimum absolute atomic E-state index is 0.309. The Morgan fingerprint density at radius 2 is 0.919 bits per heavy atom. The number of nitrogens with one attached hydrogen (secondary N) is 3. The molecule has 7 heteroatoms. The third kappa shape index (κ3) is 16.0. The summed E-state index contributed by atoms with van der Waals surface area (Å²) < 4.78 is 0. The molecule has 0 aromatic carbocycles. The normalized spacial score (nSPS) is 15.3. The Labute approximate surface area is 227 Å². The molecule has 37 heavy (non-hydrogen) atoms. The van der Waals surface area contributed by atoms with Crippen LogP contribution in [-0.4, -0.2) is 48.1 Å². The number of carbonyl (C=O) groups is 3. The summed E-state index contributed by atoms with van der Waals surface area (Å²) in [5, 5.41) is 20.0. The Kier molecular flexibility index (Phi) is 20.4. The van der Waals surface area contributed by atoms with Crippen molar-refractivity contribution in [1.82, 2.24) is 16.0 Å². The van der Waals surface area contributed by atoms with E-state index in [1.54, 1.807) is 0 Å².